The van der Waals surface area contributed by atoms with Gasteiger partial charge in [-0.1, -0.05) is 12.1 Å². The van der Waals surface area contributed by atoms with Crippen LogP contribution >= 0.6 is 0 Å². The minimum absolute atomic E-state index is 0.116. The van der Waals surface area contributed by atoms with Crippen molar-refractivity contribution in [2.45, 2.75) is 26.3 Å². The van der Waals surface area contributed by atoms with Crippen molar-refractivity contribution in [1.29, 1.82) is 0 Å². The van der Waals surface area contributed by atoms with E-state index in [-0.39, 0.29) is 23.6 Å². The fraction of sp³-hybridized carbons (Fsp3) is 0.364. The van der Waals surface area contributed by atoms with Crippen molar-refractivity contribution in [3.63, 3.8) is 0 Å². The number of benzene rings is 1. The Bertz CT molecular complexity index is 1030. The lowest BCUT2D eigenvalue weighted by Gasteiger charge is -2.31. The third kappa shape index (κ3) is 3.90. The lowest BCUT2D eigenvalue weighted by atomic mass is 9.97. The van der Waals surface area contributed by atoms with E-state index in [0.29, 0.717) is 50.4 Å². The molecule has 0 saturated carbocycles. The van der Waals surface area contributed by atoms with Crippen molar-refractivity contribution in [2.24, 2.45) is 5.92 Å². The number of halogens is 1. The van der Waals surface area contributed by atoms with Crippen LogP contribution in [0.5, 0.6) is 0 Å². The van der Waals surface area contributed by atoms with E-state index in [1.807, 2.05) is 10.6 Å². The number of ether oxygens (including phenoxy) is 1. The maximum Gasteiger partial charge on any atom is 0.309 e. The molecule has 0 spiro atoms. The van der Waals surface area contributed by atoms with Gasteiger partial charge in [-0.2, -0.15) is 0 Å². The van der Waals surface area contributed by atoms with Crippen LogP contribution in [0.2, 0.25) is 0 Å². The topological polar surface area (TPSA) is 64.7 Å². The van der Waals surface area contributed by atoms with Gasteiger partial charge in [0, 0.05) is 31.8 Å². The average molecular weight is 398 g/mol. The second kappa shape index (κ2) is 8.11. The summed E-state index contributed by atoms with van der Waals surface area (Å²) in [6.45, 7) is 3.51. The lowest BCUT2D eigenvalue weighted by Crippen LogP contribution is -2.41. The van der Waals surface area contributed by atoms with E-state index in [0.717, 1.165) is 11.1 Å². The number of amides is 1. The number of nitrogens with zero attached hydrogens (tertiary/aromatic N) is 2. The number of likely N-dealkylation sites (tertiary alicyclic amines) is 1. The number of hydrogen-bond donors (Lipinski definition) is 0. The maximum atomic E-state index is 13.6. The number of esters is 1. The highest BCUT2D eigenvalue weighted by Crippen LogP contribution is 2.26. The van der Waals surface area contributed by atoms with Crippen molar-refractivity contribution in [2.75, 3.05) is 19.7 Å². The first kappa shape index (κ1) is 19.2. The molecule has 0 N–H and O–H groups in total. The molecule has 1 aromatic carbocycles. The molecule has 3 heterocycles. The molecule has 1 fully saturated rings. The Morgan fingerprint density at radius 3 is 2.72 bits per heavy atom. The molecule has 7 heteroatoms. The minimum atomic E-state index is -0.313. The van der Waals surface area contributed by atoms with Gasteiger partial charge in [-0.15, -0.1) is 0 Å². The van der Waals surface area contributed by atoms with Gasteiger partial charge >= 0.3 is 5.97 Å². The summed E-state index contributed by atoms with van der Waals surface area (Å²) in [5.41, 5.74) is 2.67. The fourth-order valence-electron chi connectivity index (χ4n) is 3.88. The number of rotatable bonds is 5. The van der Waals surface area contributed by atoms with Crippen LogP contribution in [-0.2, 0) is 16.1 Å². The van der Waals surface area contributed by atoms with Crippen molar-refractivity contribution >= 4 is 23.0 Å². The Kier molecular flexibility index (Phi) is 5.38. The number of carbonyl (C=O) groups is 2. The van der Waals surface area contributed by atoms with Gasteiger partial charge in [0.15, 0.2) is 5.58 Å². The van der Waals surface area contributed by atoms with E-state index in [1.54, 1.807) is 36.3 Å². The largest absolute Gasteiger partial charge is 0.466 e. The third-order valence-corrected chi connectivity index (χ3v) is 5.37. The second-order valence-electron chi connectivity index (χ2n) is 7.23. The number of hydrogen-bond acceptors (Lipinski definition) is 4. The third-order valence-electron chi connectivity index (χ3n) is 5.37. The zero-order chi connectivity index (χ0) is 20.4. The Morgan fingerprint density at radius 1 is 1.21 bits per heavy atom. The van der Waals surface area contributed by atoms with Crippen LogP contribution in [0.1, 0.15) is 35.8 Å². The summed E-state index contributed by atoms with van der Waals surface area (Å²) in [6.07, 6.45) is 2.75. The van der Waals surface area contributed by atoms with Gasteiger partial charge in [-0.3, -0.25) is 9.59 Å². The summed E-state index contributed by atoms with van der Waals surface area (Å²) < 4.78 is 26.1. The van der Waals surface area contributed by atoms with Gasteiger partial charge in [-0.05, 0) is 37.5 Å². The average Bonchev–Trinajstić information content (AvgIpc) is 3.30. The monoisotopic (exact) mass is 398 g/mol. The highest BCUT2D eigenvalue weighted by Gasteiger charge is 2.30. The van der Waals surface area contributed by atoms with Crippen LogP contribution in [0.4, 0.5) is 4.39 Å². The molecule has 1 aliphatic rings. The number of carbonyl (C=O) groups excluding carboxylic acids is 2. The van der Waals surface area contributed by atoms with Crippen LogP contribution < -0.4 is 0 Å². The van der Waals surface area contributed by atoms with E-state index in [4.69, 9.17) is 9.15 Å². The number of piperidine rings is 1. The molecule has 3 aromatic rings. The quantitative estimate of drug-likeness (QED) is 0.613. The summed E-state index contributed by atoms with van der Waals surface area (Å²) in [5.74, 6) is -0.775. The summed E-state index contributed by atoms with van der Waals surface area (Å²) in [6, 6.07) is 9.88. The normalized spacial score (nSPS) is 15.0. The molecule has 1 saturated heterocycles. The molecule has 0 unspecified atom stereocenters. The van der Waals surface area contributed by atoms with Crippen molar-refractivity contribution in [1.82, 2.24) is 9.47 Å². The van der Waals surface area contributed by atoms with Crippen molar-refractivity contribution in [3.05, 3.63) is 59.7 Å². The molecule has 29 heavy (non-hydrogen) atoms. The fourth-order valence-corrected chi connectivity index (χ4v) is 3.88. The van der Waals surface area contributed by atoms with Crippen LogP contribution in [-0.4, -0.2) is 41.0 Å². The Morgan fingerprint density at radius 2 is 2.00 bits per heavy atom. The Hall–Kier alpha value is -3.09. The molecule has 0 aliphatic carbocycles. The van der Waals surface area contributed by atoms with Crippen molar-refractivity contribution in [3.8, 4) is 0 Å². The standard InChI is InChI=1S/C22H23FN2O4/c1-2-28-22(27)16-6-9-24(10-7-16)21(26)19-13-20-18(8-11-29-20)25(19)14-15-4-3-5-17(23)12-15/h3-5,8,11-13,16H,2,6-7,9-10,14H2,1H3. The zero-order valence-corrected chi connectivity index (χ0v) is 16.3. The maximum absolute atomic E-state index is 13.6. The predicted molar refractivity (Wildman–Crippen MR) is 105 cm³/mol. The molecule has 0 radical (unpaired) electrons. The highest BCUT2D eigenvalue weighted by atomic mass is 19.1. The first-order valence-electron chi connectivity index (χ1n) is 9.84. The zero-order valence-electron chi connectivity index (χ0n) is 16.3. The van der Waals surface area contributed by atoms with E-state index in [9.17, 15) is 14.0 Å². The molecular weight excluding hydrogens is 375 g/mol. The SMILES string of the molecule is CCOC(=O)C1CCN(C(=O)c2cc3occc3n2Cc2cccc(F)c2)CC1. The molecule has 152 valence electrons. The summed E-state index contributed by atoms with van der Waals surface area (Å²) in [7, 11) is 0. The summed E-state index contributed by atoms with van der Waals surface area (Å²) in [4.78, 5) is 26.9. The van der Waals surface area contributed by atoms with Crippen LogP contribution in [0.3, 0.4) is 0 Å². The van der Waals surface area contributed by atoms with Gasteiger partial charge in [0.2, 0.25) is 0 Å². The Labute approximate surface area is 167 Å². The molecule has 0 atom stereocenters. The van der Waals surface area contributed by atoms with Crippen LogP contribution in [0.15, 0.2) is 47.1 Å². The summed E-state index contributed by atoms with van der Waals surface area (Å²) >= 11 is 0. The van der Waals surface area contributed by atoms with E-state index in [1.165, 1.54) is 12.1 Å². The van der Waals surface area contributed by atoms with Crippen LogP contribution in [0, 0.1) is 11.7 Å². The van der Waals surface area contributed by atoms with Crippen LogP contribution in [0.25, 0.3) is 11.1 Å². The molecule has 6 nitrogen and oxygen atoms in total. The Balaban J connectivity index is 1.55. The molecule has 0 bridgehead atoms. The molecule has 1 aliphatic heterocycles. The van der Waals surface area contributed by atoms with Gasteiger partial charge in [0.25, 0.3) is 5.91 Å². The lowest BCUT2D eigenvalue weighted by molar-refractivity contribution is -0.149. The van der Waals surface area contributed by atoms with Gasteiger partial charge < -0.3 is 18.6 Å². The molecular formula is C22H23FN2O4. The summed E-state index contributed by atoms with van der Waals surface area (Å²) in [5, 5.41) is 0. The minimum Gasteiger partial charge on any atom is -0.466 e. The number of fused-ring (bicyclic) bond motifs is 1. The van der Waals surface area contributed by atoms with E-state index >= 15 is 0 Å². The molecule has 1 amide bonds. The van der Waals surface area contributed by atoms with E-state index < -0.39 is 0 Å². The smallest absolute Gasteiger partial charge is 0.309 e. The number of furan rings is 1. The second-order valence-corrected chi connectivity index (χ2v) is 7.23. The van der Waals surface area contributed by atoms with Gasteiger partial charge in [0.05, 0.1) is 24.3 Å². The predicted octanol–water partition coefficient (Wildman–Crippen LogP) is 3.84. The van der Waals surface area contributed by atoms with Gasteiger partial charge in [0.1, 0.15) is 11.5 Å². The molecule has 2 aromatic heterocycles. The first-order valence-corrected chi connectivity index (χ1v) is 9.84. The van der Waals surface area contributed by atoms with Crippen molar-refractivity contribution < 1.29 is 23.1 Å². The van der Waals surface area contributed by atoms with Gasteiger partial charge in [-0.25, -0.2) is 4.39 Å². The van der Waals surface area contributed by atoms with E-state index in [2.05, 4.69) is 0 Å². The molecule has 4 rings (SSSR count). The highest BCUT2D eigenvalue weighted by molar-refractivity contribution is 5.97. The first-order chi connectivity index (χ1) is 14.1. The number of aromatic nitrogens is 1.